The molecule has 0 saturated heterocycles. The van der Waals surface area contributed by atoms with Crippen molar-refractivity contribution < 1.29 is 4.84 Å². The third kappa shape index (κ3) is 3.70. The molecule has 0 saturated carbocycles. The maximum absolute atomic E-state index is 5.09. The van der Waals surface area contributed by atoms with E-state index < -0.39 is 0 Å². The van der Waals surface area contributed by atoms with Gasteiger partial charge >= 0.3 is 0 Å². The maximum atomic E-state index is 5.09. The smallest absolute Gasteiger partial charge is 0.124 e. The van der Waals surface area contributed by atoms with Crippen LogP contribution in [0.25, 0.3) is 11.6 Å². The number of allylic oxidation sites excluding steroid dienone is 3. The van der Waals surface area contributed by atoms with E-state index in [9.17, 15) is 0 Å². The maximum Gasteiger partial charge on any atom is 0.124 e. The van der Waals surface area contributed by atoms with Crippen LogP contribution in [0.3, 0.4) is 0 Å². The van der Waals surface area contributed by atoms with Gasteiger partial charge in [-0.05, 0) is 47.6 Å². The van der Waals surface area contributed by atoms with Crippen LogP contribution in [0.1, 0.15) is 19.3 Å². The number of benzene rings is 1. The van der Waals surface area contributed by atoms with E-state index in [1.165, 1.54) is 16.0 Å². The van der Waals surface area contributed by atoms with Gasteiger partial charge in [-0.15, -0.1) is 0 Å². The van der Waals surface area contributed by atoms with E-state index in [2.05, 4.69) is 60.0 Å². The fraction of sp³-hybridized carbons (Fsp3) is 0.300. The lowest BCUT2D eigenvalue weighted by Crippen LogP contribution is -2.32. The third-order valence-electron chi connectivity index (χ3n) is 4.25. The predicted octanol–water partition coefficient (Wildman–Crippen LogP) is 3.06. The summed E-state index contributed by atoms with van der Waals surface area (Å²) in [7, 11) is 1.59. The number of oxime groups is 1. The van der Waals surface area contributed by atoms with E-state index in [1.54, 1.807) is 7.11 Å². The number of nitrogens with zero attached hydrogens (tertiary/aromatic N) is 2. The molecule has 0 bridgehead atoms. The topological polar surface area (TPSA) is 34.0 Å². The van der Waals surface area contributed by atoms with Crippen molar-refractivity contribution in [2.24, 2.45) is 10.1 Å². The summed E-state index contributed by atoms with van der Waals surface area (Å²) in [5.74, 6) is 0. The minimum atomic E-state index is 0.409. The summed E-state index contributed by atoms with van der Waals surface area (Å²) in [5.41, 5.74) is 3.10. The Hall–Kier alpha value is -2.07. The molecule has 2 aliphatic carbocycles. The summed E-state index contributed by atoms with van der Waals surface area (Å²) in [6, 6.07) is 8.43. The van der Waals surface area contributed by atoms with Crippen LogP contribution in [0.5, 0.6) is 0 Å². The van der Waals surface area contributed by atoms with Gasteiger partial charge in [-0.3, -0.25) is 4.99 Å². The van der Waals surface area contributed by atoms with Gasteiger partial charge in [0.2, 0.25) is 0 Å². The highest BCUT2D eigenvalue weighted by molar-refractivity contribution is 7.99. The molecule has 0 amide bonds. The van der Waals surface area contributed by atoms with Crippen LogP contribution in [-0.2, 0) is 4.84 Å². The Morgan fingerprint density at radius 3 is 3.04 bits per heavy atom. The highest BCUT2D eigenvalue weighted by Gasteiger charge is 2.14. The number of rotatable bonds is 5. The largest absolute Gasteiger partial charge is 0.399 e. The molecular weight excluding hydrogens is 316 g/mol. The molecule has 2 aliphatic rings. The highest BCUT2D eigenvalue weighted by Crippen LogP contribution is 2.25. The molecule has 3 nitrogen and oxygen atoms in total. The first-order chi connectivity index (χ1) is 11.8. The fourth-order valence-corrected chi connectivity index (χ4v) is 3.74. The normalized spacial score (nSPS) is 20.6. The lowest BCUT2D eigenvalue weighted by molar-refractivity contribution is 0.215. The van der Waals surface area contributed by atoms with Gasteiger partial charge in [0.05, 0.1) is 17.2 Å². The molecule has 124 valence electrons. The minimum absolute atomic E-state index is 0.409. The Labute approximate surface area is 147 Å². The third-order valence-corrected chi connectivity index (χ3v) is 5.25. The second-order valence-corrected chi connectivity index (χ2v) is 6.75. The Morgan fingerprint density at radius 2 is 2.21 bits per heavy atom. The Kier molecular flexibility index (Phi) is 5.70. The summed E-state index contributed by atoms with van der Waals surface area (Å²) in [6.45, 7) is 0. The molecule has 4 heteroatoms. The molecule has 1 aromatic rings. The van der Waals surface area contributed by atoms with Crippen molar-refractivity contribution in [3.05, 3.63) is 58.6 Å². The molecule has 0 fully saturated rings. The Morgan fingerprint density at radius 1 is 1.33 bits per heavy atom. The van der Waals surface area contributed by atoms with Gasteiger partial charge in [0, 0.05) is 0 Å². The summed E-state index contributed by atoms with van der Waals surface area (Å²) < 4.78 is 0. The zero-order valence-electron chi connectivity index (χ0n) is 14.1. The average Bonchev–Trinajstić information content (AvgIpc) is 2.65. The van der Waals surface area contributed by atoms with E-state index in [0.29, 0.717) is 5.25 Å². The summed E-state index contributed by atoms with van der Waals surface area (Å²) in [5, 5.41) is 7.14. The predicted molar refractivity (Wildman–Crippen MR) is 105 cm³/mol. The standard InChI is InChI=1S/C20H22N2OS/c1-23-22-19(14-21-18-12-5-6-13-20(18)24-2)17-11-7-9-15-8-3-4-10-16(15)17/h3-6,8-10,12,14,20H,7,11,13H2,1-2H3/b21-14?,22-19-. The Balaban J connectivity index is 1.99. The van der Waals surface area contributed by atoms with Crippen molar-refractivity contribution in [2.45, 2.75) is 24.5 Å². The number of thioether (sulfide) groups is 1. The van der Waals surface area contributed by atoms with Crippen molar-refractivity contribution in [1.29, 1.82) is 0 Å². The van der Waals surface area contributed by atoms with Crippen molar-refractivity contribution in [3.8, 4) is 0 Å². The van der Waals surface area contributed by atoms with E-state index in [1.807, 2.05) is 18.0 Å². The van der Waals surface area contributed by atoms with Crippen LogP contribution in [0.2, 0.25) is 0 Å². The van der Waals surface area contributed by atoms with Gasteiger partial charge in [0.15, 0.2) is 0 Å². The van der Waals surface area contributed by atoms with Gasteiger partial charge in [0.1, 0.15) is 12.8 Å². The minimum Gasteiger partial charge on any atom is -0.399 e. The monoisotopic (exact) mass is 338 g/mol. The van der Waals surface area contributed by atoms with E-state index in [-0.39, 0.29) is 0 Å². The first kappa shape index (κ1) is 16.8. The summed E-state index contributed by atoms with van der Waals surface area (Å²) >= 11 is 1.83. The number of hydrogen-bond donors (Lipinski definition) is 0. The molecule has 1 aromatic carbocycles. The highest BCUT2D eigenvalue weighted by atomic mass is 32.2. The van der Waals surface area contributed by atoms with Gasteiger partial charge in [-0.1, -0.05) is 47.6 Å². The van der Waals surface area contributed by atoms with Crippen molar-refractivity contribution in [1.82, 2.24) is 0 Å². The van der Waals surface area contributed by atoms with E-state index in [4.69, 9.17) is 9.83 Å². The van der Waals surface area contributed by atoms with Crippen molar-refractivity contribution in [2.75, 3.05) is 13.4 Å². The van der Waals surface area contributed by atoms with Gasteiger partial charge < -0.3 is 4.84 Å². The van der Waals surface area contributed by atoms with Gasteiger partial charge in [0.25, 0.3) is 0 Å². The molecule has 0 aliphatic heterocycles. The first-order valence-corrected chi connectivity index (χ1v) is 9.46. The second-order valence-electron chi connectivity index (χ2n) is 5.71. The van der Waals surface area contributed by atoms with E-state index >= 15 is 0 Å². The fourth-order valence-electron chi connectivity index (χ4n) is 3.05. The van der Waals surface area contributed by atoms with Crippen molar-refractivity contribution in [3.63, 3.8) is 0 Å². The average molecular weight is 338 g/mol. The van der Waals surface area contributed by atoms with Crippen LogP contribution < -0.4 is 10.4 Å². The molecule has 0 spiro atoms. The number of aliphatic imine (C=N–C) groups is 1. The van der Waals surface area contributed by atoms with E-state index in [0.717, 1.165) is 30.7 Å². The van der Waals surface area contributed by atoms with Crippen LogP contribution >= 0.6 is 11.8 Å². The first-order valence-electron chi connectivity index (χ1n) is 8.17. The number of fused-ring (bicyclic) bond motifs is 1. The zero-order chi connectivity index (χ0) is 16.8. The molecule has 0 aromatic heterocycles. The lowest BCUT2D eigenvalue weighted by atomic mass is 9.96. The molecule has 0 N–H and O–H groups in total. The molecular formula is C20H22N2OS. The van der Waals surface area contributed by atoms with Crippen LogP contribution in [0.15, 0.2) is 58.3 Å². The SMILES string of the molecule is CO/N=C(/C=NC1=CC=CCC1SC)C1=c2ccccc2=CCC1. The molecule has 24 heavy (non-hydrogen) atoms. The Bertz CT molecular complexity index is 833. The lowest BCUT2D eigenvalue weighted by Gasteiger charge is -2.16. The van der Waals surface area contributed by atoms with Crippen LogP contribution in [0, 0.1) is 0 Å². The molecule has 0 heterocycles. The van der Waals surface area contributed by atoms with Gasteiger partial charge in [-0.2, -0.15) is 11.8 Å². The van der Waals surface area contributed by atoms with Gasteiger partial charge in [-0.25, -0.2) is 0 Å². The van der Waals surface area contributed by atoms with Crippen LogP contribution in [-0.4, -0.2) is 30.5 Å². The molecule has 1 unspecified atom stereocenters. The van der Waals surface area contributed by atoms with Crippen LogP contribution in [0.4, 0.5) is 0 Å². The van der Waals surface area contributed by atoms with Crippen molar-refractivity contribution >= 4 is 35.3 Å². The molecule has 0 radical (unpaired) electrons. The quantitative estimate of drug-likeness (QED) is 0.611. The summed E-state index contributed by atoms with van der Waals surface area (Å²) in [6.07, 6.45) is 15.6. The zero-order valence-corrected chi connectivity index (χ0v) is 14.9. The number of hydrogen-bond acceptors (Lipinski definition) is 4. The molecule has 1 atom stereocenters. The molecule has 3 rings (SSSR count). The second kappa shape index (κ2) is 8.15. The summed E-state index contributed by atoms with van der Waals surface area (Å²) in [4.78, 5) is 9.82.